The molecule has 0 saturated carbocycles. The number of hydrogen-bond donors (Lipinski definition) is 1. The van der Waals surface area contributed by atoms with Crippen LogP contribution in [0.15, 0.2) is 60.7 Å². The van der Waals surface area contributed by atoms with Crippen LogP contribution in [0.2, 0.25) is 0 Å². The molecule has 0 heterocycles. The van der Waals surface area contributed by atoms with Gasteiger partial charge in [-0.1, -0.05) is 0 Å². The van der Waals surface area contributed by atoms with E-state index in [0.29, 0.717) is 0 Å². The van der Waals surface area contributed by atoms with E-state index in [0.717, 1.165) is 23.2 Å². The summed E-state index contributed by atoms with van der Waals surface area (Å²) in [5, 5.41) is 2.25. The summed E-state index contributed by atoms with van der Waals surface area (Å²) in [6, 6.07) is 20.4. The predicted octanol–water partition coefficient (Wildman–Crippen LogP) is 3.48. The first-order valence-corrected chi connectivity index (χ1v) is 9.26. The molecule has 2 aromatic carbocycles. The van der Waals surface area contributed by atoms with Crippen molar-refractivity contribution in [2.24, 2.45) is 0 Å². The number of unbranched alkanes of at least 4 members (excludes halogenated alkanes) is 2. The van der Waals surface area contributed by atoms with Gasteiger partial charge in [-0.3, -0.25) is 0 Å². The van der Waals surface area contributed by atoms with Crippen LogP contribution in [0.25, 0.3) is 0 Å². The Bertz CT molecular complexity index is 442. The van der Waals surface area contributed by atoms with Gasteiger partial charge in [-0.2, -0.15) is 0 Å². The minimum atomic E-state index is -2.54. The molecule has 2 heteroatoms. The van der Waals surface area contributed by atoms with Crippen molar-refractivity contribution in [2.75, 3.05) is 6.16 Å². The Morgan fingerprint density at radius 2 is 1.26 bits per heavy atom. The molecule has 0 amide bonds. The maximum absolute atomic E-state index is 11.3. The van der Waals surface area contributed by atoms with Crippen molar-refractivity contribution < 1.29 is 4.89 Å². The summed E-state index contributed by atoms with van der Waals surface area (Å²) < 4.78 is 0. The second-order valence-electron chi connectivity index (χ2n) is 5.05. The van der Waals surface area contributed by atoms with Gasteiger partial charge in [-0.15, -0.1) is 0 Å². The molecular weight excluding hydrogens is 251 g/mol. The Labute approximate surface area is 116 Å². The average molecular weight is 274 g/mol. The summed E-state index contributed by atoms with van der Waals surface area (Å²) in [6.45, 7) is 2.20. The van der Waals surface area contributed by atoms with Crippen LogP contribution in [0.4, 0.5) is 0 Å². The van der Waals surface area contributed by atoms with Crippen LogP contribution in [0.3, 0.4) is 0 Å². The van der Waals surface area contributed by atoms with E-state index in [1.807, 2.05) is 36.4 Å². The Hall–Kier alpha value is -1.17. The topological polar surface area (TPSA) is 20.2 Å². The fraction of sp³-hybridized carbons (Fsp3) is 0.294. The van der Waals surface area contributed by atoms with Crippen molar-refractivity contribution in [3.8, 4) is 0 Å². The molecule has 0 aliphatic carbocycles. The van der Waals surface area contributed by atoms with Crippen molar-refractivity contribution >= 4 is 18.1 Å². The zero-order chi connectivity index (χ0) is 13.6. The third-order valence-electron chi connectivity index (χ3n) is 3.64. The quantitative estimate of drug-likeness (QED) is 0.631. The normalized spacial score (nSPS) is 12.3. The fourth-order valence-electron chi connectivity index (χ4n) is 2.51. The summed E-state index contributed by atoms with van der Waals surface area (Å²) >= 11 is 0. The van der Waals surface area contributed by atoms with Crippen LogP contribution in [-0.2, 0) is 0 Å². The van der Waals surface area contributed by atoms with Gasteiger partial charge < -0.3 is 0 Å². The van der Waals surface area contributed by atoms with Gasteiger partial charge >= 0.3 is 116 Å². The van der Waals surface area contributed by atoms with E-state index in [2.05, 4.69) is 31.2 Å². The second-order valence-corrected chi connectivity index (χ2v) is 8.42. The third-order valence-corrected chi connectivity index (χ3v) is 7.30. The van der Waals surface area contributed by atoms with Gasteiger partial charge in [0.2, 0.25) is 0 Å². The summed E-state index contributed by atoms with van der Waals surface area (Å²) in [4.78, 5) is 11.3. The van der Waals surface area contributed by atoms with Gasteiger partial charge in [0.05, 0.1) is 0 Å². The summed E-state index contributed by atoms with van der Waals surface area (Å²) in [7, 11) is -2.54. The molecule has 0 unspecified atom stereocenters. The number of rotatable bonds is 6. The van der Waals surface area contributed by atoms with Gasteiger partial charge in [0.25, 0.3) is 0 Å². The SMILES string of the molecule is CCCCC[PH](O)(c1ccccc1)c1ccccc1. The fourth-order valence-corrected chi connectivity index (χ4v) is 5.67. The molecule has 102 valence electrons. The standard InChI is InChI=1S/C17H23OP/c1-2-3-10-15-19(18,16-11-6-4-7-12-16)17-13-8-5-9-14-17/h4-9,11-14,18-19H,2-3,10,15H2,1H3. The Morgan fingerprint density at radius 3 is 1.68 bits per heavy atom. The van der Waals surface area contributed by atoms with Gasteiger partial charge in [0, 0.05) is 0 Å². The van der Waals surface area contributed by atoms with Crippen LogP contribution in [-0.4, -0.2) is 11.1 Å². The van der Waals surface area contributed by atoms with Crippen LogP contribution in [0.1, 0.15) is 26.2 Å². The Morgan fingerprint density at radius 1 is 0.789 bits per heavy atom. The van der Waals surface area contributed by atoms with Crippen molar-refractivity contribution in [1.29, 1.82) is 0 Å². The van der Waals surface area contributed by atoms with Crippen molar-refractivity contribution in [1.82, 2.24) is 0 Å². The molecular formula is C17H23OP. The van der Waals surface area contributed by atoms with Gasteiger partial charge in [-0.25, -0.2) is 0 Å². The Balaban J connectivity index is 2.33. The minimum absolute atomic E-state index is 0.912. The van der Waals surface area contributed by atoms with Gasteiger partial charge in [0.1, 0.15) is 0 Å². The van der Waals surface area contributed by atoms with Crippen LogP contribution < -0.4 is 10.6 Å². The van der Waals surface area contributed by atoms with Gasteiger partial charge in [0.15, 0.2) is 0 Å². The Kier molecular flexibility index (Phi) is 5.13. The molecule has 0 fully saturated rings. The first-order chi connectivity index (χ1) is 9.27. The molecule has 0 aromatic heterocycles. The van der Waals surface area contributed by atoms with E-state index < -0.39 is 7.49 Å². The molecule has 0 bridgehead atoms. The summed E-state index contributed by atoms with van der Waals surface area (Å²) in [5.41, 5.74) is 0. The molecule has 0 radical (unpaired) electrons. The molecule has 1 nitrogen and oxygen atoms in total. The zero-order valence-corrected chi connectivity index (χ0v) is 12.5. The molecule has 0 atom stereocenters. The molecule has 19 heavy (non-hydrogen) atoms. The van der Waals surface area contributed by atoms with E-state index >= 15 is 0 Å². The van der Waals surface area contributed by atoms with Crippen molar-refractivity contribution in [3.63, 3.8) is 0 Å². The first kappa shape index (κ1) is 14.2. The summed E-state index contributed by atoms with van der Waals surface area (Å²) in [6.07, 6.45) is 4.39. The molecule has 1 N–H and O–H groups in total. The first-order valence-electron chi connectivity index (χ1n) is 7.11. The van der Waals surface area contributed by atoms with Crippen molar-refractivity contribution in [2.45, 2.75) is 26.2 Å². The summed E-state index contributed by atoms with van der Waals surface area (Å²) in [5.74, 6) is 0. The van der Waals surface area contributed by atoms with Crippen LogP contribution in [0.5, 0.6) is 0 Å². The van der Waals surface area contributed by atoms with E-state index in [4.69, 9.17) is 0 Å². The average Bonchev–Trinajstić information content (AvgIpc) is 2.49. The van der Waals surface area contributed by atoms with E-state index in [9.17, 15) is 4.89 Å². The zero-order valence-electron chi connectivity index (χ0n) is 11.5. The van der Waals surface area contributed by atoms with E-state index in [1.165, 1.54) is 12.8 Å². The number of hydrogen-bond acceptors (Lipinski definition) is 1. The second kappa shape index (κ2) is 6.84. The van der Waals surface area contributed by atoms with E-state index in [1.54, 1.807) is 0 Å². The van der Waals surface area contributed by atoms with Crippen molar-refractivity contribution in [3.05, 3.63) is 60.7 Å². The van der Waals surface area contributed by atoms with E-state index in [-0.39, 0.29) is 0 Å². The molecule has 0 spiro atoms. The molecule has 2 aromatic rings. The molecule has 0 aliphatic rings. The predicted molar refractivity (Wildman–Crippen MR) is 87.1 cm³/mol. The monoisotopic (exact) mass is 274 g/mol. The molecule has 0 aliphatic heterocycles. The maximum atomic E-state index is 11.3. The molecule has 0 saturated heterocycles. The third kappa shape index (κ3) is 3.43. The van der Waals surface area contributed by atoms with Crippen LogP contribution in [0, 0.1) is 0 Å². The van der Waals surface area contributed by atoms with Crippen LogP contribution >= 0.6 is 7.49 Å². The number of benzene rings is 2. The molecule has 2 rings (SSSR count). The van der Waals surface area contributed by atoms with Gasteiger partial charge in [-0.05, 0) is 0 Å².